The van der Waals surface area contributed by atoms with Crippen LogP contribution in [0.1, 0.15) is 40.0 Å². The molecule has 0 aromatic heterocycles. The first-order valence-corrected chi connectivity index (χ1v) is 5.50. The Morgan fingerprint density at radius 2 is 2.00 bits per heavy atom. The minimum absolute atomic E-state index is 0.285. The average Bonchev–Trinajstić information content (AvgIpc) is 2.02. The number of nitrogens with two attached hydrogens (primary N) is 1. The van der Waals surface area contributed by atoms with Gasteiger partial charge in [0, 0.05) is 19.0 Å². The van der Waals surface area contributed by atoms with E-state index in [0.29, 0.717) is 12.5 Å². The van der Waals surface area contributed by atoms with Gasteiger partial charge in [-0.1, -0.05) is 20.3 Å². The van der Waals surface area contributed by atoms with Gasteiger partial charge in [0.2, 0.25) is 0 Å². The lowest BCUT2D eigenvalue weighted by molar-refractivity contribution is 0.222. The molecule has 0 radical (unpaired) electrons. The van der Waals surface area contributed by atoms with Crippen LogP contribution in [0.3, 0.4) is 0 Å². The molecule has 0 aromatic carbocycles. The number of rotatable bonds is 7. The van der Waals surface area contributed by atoms with Crippen LogP contribution < -0.4 is 5.73 Å². The Morgan fingerprint density at radius 3 is 2.43 bits per heavy atom. The van der Waals surface area contributed by atoms with Crippen molar-refractivity contribution in [1.82, 2.24) is 4.90 Å². The van der Waals surface area contributed by atoms with Gasteiger partial charge in [-0.05, 0) is 26.3 Å². The maximum atomic E-state index is 7.23. The molecule has 0 aromatic rings. The van der Waals surface area contributed by atoms with Gasteiger partial charge in [-0.2, -0.15) is 0 Å². The maximum absolute atomic E-state index is 7.23. The molecule has 0 saturated heterocycles. The highest BCUT2D eigenvalue weighted by molar-refractivity contribution is 5.77. The summed E-state index contributed by atoms with van der Waals surface area (Å²) < 4.78 is 0. The van der Waals surface area contributed by atoms with Gasteiger partial charge < -0.3 is 10.6 Å². The summed E-state index contributed by atoms with van der Waals surface area (Å²) in [5.41, 5.74) is 5.38. The molecule has 0 amide bonds. The van der Waals surface area contributed by atoms with Gasteiger partial charge in [-0.15, -0.1) is 0 Å². The highest BCUT2D eigenvalue weighted by Crippen LogP contribution is 2.09. The van der Waals surface area contributed by atoms with Gasteiger partial charge in [0.1, 0.15) is 0 Å². The maximum Gasteiger partial charge on any atom is 0.0920 e. The van der Waals surface area contributed by atoms with Crippen LogP contribution in [0.2, 0.25) is 0 Å². The number of hydrogen-bond donors (Lipinski definition) is 2. The minimum Gasteiger partial charge on any atom is -0.388 e. The van der Waals surface area contributed by atoms with Crippen LogP contribution in [0.25, 0.3) is 0 Å². The van der Waals surface area contributed by atoms with Crippen LogP contribution in [0, 0.1) is 11.3 Å². The zero-order chi connectivity index (χ0) is 11.1. The zero-order valence-electron chi connectivity index (χ0n) is 10.0. The number of nitrogens with zero attached hydrogens (tertiary/aromatic N) is 1. The molecule has 84 valence electrons. The van der Waals surface area contributed by atoms with Gasteiger partial charge in [-0.25, -0.2) is 0 Å². The minimum atomic E-state index is 0.285. The average molecular weight is 199 g/mol. The molecule has 0 aliphatic carbocycles. The molecule has 0 saturated carbocycles. The molecular weight excluding hydrogens is 174 g/mol. The quantitative estimate of drug-likeness (QED) is 0.487. The SMILES string of the molecule is CCCC(C)CN(C)C(C)CC(=N)N. The van der Waals surface area contributed by atoms with Crippen molar-refractivity contribution in [2.24, 2.45) is 11.7 Å². The third kappa shape index (κ3) is 5.97. The van der Waals surface area contributed by atoms with E-state index in [9.17, 15) is 0 Å². The van der Waals surface area contributed by atoms with Gasteiger partial charge in [0.05, 0.1) is 5.84 Å². The molecule has 0 bridgehead atoms. The molecule has 0 aliphatic heterocycles. The van der Waals surface area contributed by atoms with Crippen molar-refractivity contribution in [2.75, 3.05) is 13.6 Å². The lowest BCUT2D eigenvalue weighted by Gasteiger charge is -2.27. The first-order chi connectivity index (χ1) is 6.47. The number of amidine groups is 1. The summed E-state index contributed by atoms with van der Waals surface area (Å²) in [6.07, 6.45) is 3.20. The lowest BCUT2D eigenvalue weighted by Crippen LogP contribution is -2.35. The molecule has 3 N–H and O–H groups in total. The topological polar surface area (TPSA) is 53.1 Å². The molecule has 2 atom stereocenters. The Kier molecular flexibility index (Phi) is 6.54. The monoisotopic (exact) mass is 199 g/mol. The summed E-state index contributed by atoms with van der Waals surface area (Å²) in [5.74, 6) is 1.02. The van der Waals surface area contributed by atoms with Crippen LogP contribution in [0.5, 0.6) is 0 Å². The van der Waals surface area contributed by atoms with Crippen molar-refractivity contribution in [2.45, 2.75) is 46.1 Å². The zero-order valence-corrected chi connectivity index (χ0v) is 10.0. The highest BCUT2D eigenvalue weighted by Gasteiger charge is 2.12. The first kappa shape index (κ1) is 13.4. The van der Waals surface area contributed by atoms with Crippen molar-refractivity contribution < 1.29 is 0 Å². The van der Waals surface area contributed by atoms with Gasteiger partial charge in [0.15, 0.2) is 0 Å². The van der Waals surface area contributed by atoms with Crippen molar-refractivity contribution in [3.05, 3.63) is 0 Å². The first-order valence-electron chi connectivity index (χ1n) is 5.50. The van der Waals surface area contributed by atoms with Crippen molar-refractivity contribution in [3.63, 3.8) is 0 Å². The van der Waals surface area contributed by atoms with E-state index in [1.807, 2.05) is 0 Å². The molecule has 3 nitrogen and oxygen atoms in total. The summed E-state index contributed by atoms with van der Waals surface area (Å²) in [5, 5.41) is 7.23. The van der Waals surface area contributed by atoms with E-state index in [1.54, 1.807) is 0 Å². The molecule has 14 heavy (non-hydrogen) atoms. The van der Waals surface area contributed by atoms with E-state index in [2.05, 4.69) is 32.7 Å². The Labute approximate surface area is 88.2 Å². The third-order valence-electron chi connectivity index (χ3n) is 2.65. The van der Waals surface area contributed by atoms with Crippen LogP contribution >= 0.6 is 0 Å². The van der Waals surface area contributed by atoms with Crippen molar-refractivity contribution in [1.29, 1.82) is 5.41 Å². The Balaban J connectivity index is 3.81. The van der Waals surface area contributed by atoms with E-state index in [4.69, 9.17) is 11.1 Å². The van der Waals surface area contributed by atoms with Crippen LogP contribution in [-0.4, -0.2) is 30.4 Å². The normalized spacial score (nSPS) is 15.5. The van der Waals surface area contributed by atoms with E-state index in [0.717, 1.165) is 12.5 Å². The Bertz CT molecular complexity index is 168. The van der Waals surface area contributed by atoms with E-state index >= 15 is 0 Å². The van der Waals surface area contributed by atoms with E-state index < -0.39 is 0 Å². The fourth-order valence-corrected chi connectivity index (χ4v) is 1.73. The predicted octanol–water partition coefficient (Wildman–Crippen LogP) is 2.07. The molecule has 3 heteroatoms. The molecule has 0 rings (SSSR count). The molecule has 0 aliphatic rings. The standard InChI is InChI=1S/C11H25N3/c1-5-6-9(2)8-14(4)10(3)7-11(12)13/h9-10H,5-8H2,1-4H3,(H3,12,13). The molecular formula is C11H25N3. The number of nitrogens with one attached hydrogen (secondary N) is 1. The largest absolute Gasteiger partial charge is 0.388 e. The van der Waals surface area contributed by atoms with Crippen LogP contribution in [0.4, 0.5) is 0 Å². The van der Waals surface area contributed by atoms with E-state index in [1.165, 1.54) is 12.8 Å². The second kappa shape index (κ2) is 6.82. The second-order valence-electron chi connectivity index (χ2n) is 4.41. The summed E-state index contributed by atoms with van der Waals surface area (Å²) in [7, 11) is 2.11. The second-order valence-corrected chi connectivity index (χ2v) is 4.41. The summed E-state index contributed by atoms with van der Waals surface area (Å²) in [6.45, 7) is 7.72. The summed E-state index contributed by atoms with van der Waals surface area (Å²) >= 11 is 0. The molecule has 0 fully saturated rings. The predicted molar refractivity (Wildman–Crippen MR) is 62.7 cm³/mol. The van der Waals surface area contributed by atoms with Crippen LogP contribution in [0.15, 0.2) is 0 Å². The van der Waals surface area contributed by atoms with Crippen molar-refractivity contribution >= 4 is 5.84 Å². The van der Waals surface area contributed by atoms with Gasteiger partial charge >= 0.3 is 0 Å². The molecule has 0 spiro atoms. The molecule has 0 heterocycles. The van der Waals surface area contributed by atoms with Gasteiger partial charge in [-0.3, -0.25) is 5.41 Å². The van der Waals surface area contributed by atoms with Gasteiger partial charge in [0.25, 0.3) is 0 Å². The smallest absolute Gasteiger partial charge is 0.0920 e. The Morgan fingerprint density at radius 1 is 1.43 bits per heavy atom. The highest BCUT2D eigenvalue weighted by atomic mass is 15.1. The van der Waals surface area contributed by atoms with E-state index in [-0.39, 0.29) is 5.84 Å². The summed E-state index contributed by atoms with van der Waals surface area (Å²) in [6, 6.07) is 0.381. The van der Waals surface area contributed by atoms with Crippen LogP contribution in [-0.2, 0) is 0 Å². The molecule has 2 unspecified atom stereocenters. The van der Waals surface area contributed by atoms with Crippen molar-refractivity contribution in [3.8, 4) is 0 Å². The Hall–Kier alpha value is -0.570. The fourth-order valence-electron chi connectivity index (χ4n) is 1.73. The third-order valence-corrected chi connectivity index (χ3v) is 2.65. The summed E-state index contributed by atoms with van der Waals surface area (Å²) in [4.78, 5) is 2.29. The lowest BCUT2D eigenvalue weighted by atomic mass is 10.0. The number of hydrogen-bond acceptors (Lipinski definition) is 2. The fraction of sp³-hybridized carbons (Fsp3) is 0.909.